The second-order valence-corrected chi connectivity index (χ2v) is 11.4. The van der Waals surface area contributed by atoms with E-state index in [-0.39, 0.29) is 6.10 Å². The van der Waals surface area contributed by atoms with Gasteiger partial charge in [-0.25, -0.2) is 4.57 Å². The van der Waals surface area contributed by atoms with E-state index in [2.05, 4.69) is 23.8 Å². The number of hydrogen-bond acceptors (Lipinski definition) is 6. The van der Waals surface area contributed by atoms with Gasteiger partial charge in [0, 0.05) is 38.5 Å². The van der Waals surface area contributed by atoms with Crippen LogP contribution in [0.2, 0.25) is 0 Å². The van der Waals surface area contributed by atoms with Crippen LogP contribution in [0.5, 0.6) is 0 Å². The molecule has 0 aromatic heterocycles. The van der Waals surface area contributed by atoms with Crippen molar-refractivity contribution in [2.75, 3.05) is 45.5 Å². The summed E-state index contributed by atoms with van der Waals surface area (Å²) in [5.41, 5.74) is -0.470. The van der Waals surface area contributed by atoms with Crippen LogP contribution in [0, 0.1) is 0 Å². The van der Waals surface area contributed by atoms with Gasteiger partial charge < -0.3 is 4.90 Å². The lowest BCUT2D eigenvalue weighted by molar-refractivity contribution is 0.0866. The van der Waals surface area contributed by atoms with Crippen molar-refractivity contribution in [2.45, 2.75) is 59.2 Å². The Morgan fingerprint density at radius 1 is 1.22 bits per heavy atom. The molecule has 0 aromatic rings. The van der Waals surface area contributed by atoms with E-state index in [4.69, 9.17) is 9.05 Å². The Bertz CT molecular complexity index is 382. The van der Waals surface area contributed by atoms with Crippen LogP contribution >= 0.6 is 18.2 Å². The van der Waals surface area contributed by atoms with Crippen molar-refractivity contribution >= 4 is 18.2 Å². The van der Waals surface area contributed by atoms with Gasteiger partial charge in [0.1, 0.15) is 0 Å². The van der Waals surface area contributed by atoms with E-state index in [1.807, 2.05) is 27.7 Å². The van der Waals surface area contributed by atoms with E-state index in [0.717, 1.165) is 51.3 Å². The van der Waals surface area contributed by atoms with E-state index < -0.39 is 12.4 Å². The zero-order chi connectivity index (χ0) is 17.5. The Morgan fingerprint density at radius 2 is 1.83 bits per heavy atom. The zero-order valence-corrected chi connectivity index (χ0v) is 17.4. The van der Waals surface area contributed by atoms with Gasteiger partial charge in [-0.3, -0.25) is 13.9 Å². The molecule has 7 heteroatoms. The van der Waals surface area contributed by atoms with E-state index >= 15 is 0 Å². The molecule has 1 aliphatic heterocycles. The minimum Gasteiger partial charge on any atom is -0.304 e. The Kier molecular flexibility index (Phi) is 9.13. The summed E-state index contributed by atoms with van der Waals surface area (Å²) in [6, 6.07) is 0. The lowest BCUT2D eigenvalue weighted by atomic mass is 10.2. The summed E-state index contributed by atoms with van der Waals surface area (Å²) in [6.07, 6.45) is 1.88. The average Bonchev–Trinajstić information content (AvgIpc) is 2.38. The molecule has 5 nitrogen and oxygen atoms in total. The van der Waals surface area contributed by atoms with Crippen LogP contribution < -0.4 is 0 Å². The SMILES string of the molecule is CCCC(C)OP(=O)(OC(C)(C)C)SCCN1CCN(C)CC1. The number of piperazine rings is 1. The van der Waals surface area contributed by atoms with Gasteiger partial charge in [-0.15, -0.1) is 0 Å². The smallest absolute Gasteiger partial charge is 0.304 e. The Balaban J connectivity index is 2.50. The Hall–Kier alpha value is 0.420. The largest absolute Gasteiger partial charge is 0.389 e. The molecule has 1 rings (SSSR count). The zero-order valence-electron chi connectivity index (χ0n) is 15.7. The van der Waals surface area contributed by atoms with Gasteiger partial charge in [0.2, 0.25) is 0 Å². The van der Waals surface area contributed by atoms with Crippen LogP contribution in [-0.4, -0.2) is 67.0 Å². The van der Waals surface area contributed by atoms with E-state index in [1.54, 1.807) is 0 Å². The van der Waals surface area contributed by atoms with E-state index in [1.165, 1.54) is 11.4 Å². The molecule has 0 spiro atoms. The summed E-state index contributed by atoms with van der Waals surface area (Å²) in [5, 5.41) is 0. The molecule has 0 radical (unpaired) electrons. The molecule has 0 aromatic carbocycles. The van der Waals surface area contributed by atoms with E-state index in [9.17, 15) is 4.57 Å². The first-order valence-corrected chi connectivity index (χ1v) is 11.8. The molecule has 0 aliphatic carbocycles. The fourth-order valence-corrected chi connectivity index (χ4v) is 6.75. The van der Waals surface area contributed by atoms with Crippen LogP contribution in [0.3, 0.4) is 0 Å². The molecule has 1 saturated heterocycles. The number of likely N-dealkylation sites (N-methyl/N-ethyl adjacent to an activating group) is 1. The van der Waals surface area contributed by atoms with Gasteiger partial charge in [0.15, 0.2) is 0 Å². The highest BCUT2D eigenvalue weighted by Gasteiger charge is 2.33. The van der Waals surface area contributed by atoms with Crippen LogP contribution in [-0.2, 0) is 13.6 Å². The molecule has 0 bridgehead atoms. The number of rotatable bonds is 9. The van der Waals surface area contributed by atoms with Crippen molar-refractivity contribution < 1.29 is 13.6 Å². The predicted molar refractivity (Wildman–Crippen MR) is 100 cm³/mol. The third kappa shape index (κ3) is 9.47. The summed E-state index contributed by atoms with van der Waals surface area (Å²) in [7, 11) is 2.15. The van der Waals surface area contributed by atoms with Crippen LogP contribution in [0.1, 0.15) is 47.5 Å². The third-order valence-electron chi connectivity index (χ3n) is 3.64. The normalized spacial score (nSPS) is 22.0. The maximum Gasteiger partial charge on any atom is 0.389 e. The molecule has 1 heterocycles. The van der Waals surface area contributed by atoms with Crippen molar-refractivity contribution in [2.24, 2.45) is 0 Å². The molecule has 138 valence electrons. The molecule has 0 saturated carbocycles. The minimum absolute atomic E-state index is 0.0377. The molecule has 2 atom stereocenters. The molecule has 23 heavy (non-hydrogen) atoms. The van der Waals surface area contributed by atoms with Crippen LogP contribution in [0.4, 0.5) is 0 Å². The number of nitrogens with zero attached hydrogens (tertiary/aromatic N) is 2. The van der Waals surface area contributed by atoms with Gasteiger partial charge in [0.25, 0.3) is 0 Å². The minimum atomic E-state index is -3.13. The van der Waals surface area contributed by atoms with Crippen molar-refractivity contribution in [1.29, 1.82) is 0 Å². The van der Waals surface area contributed by atoms with Gasteiger partial charge in [-0.2, -0.15) is 0 Å². The van der Waals surface area contributed by atoms with Crippen molar-refractivity contribution in [3.05, 3.63) is 0 Å². The highest BCUT2D eigenvalue weighted by Crippen LogP contribution is 2.63. The fourth-order valence-electron chi connectivity index (χ4n) is 2.45. The maximum atomic E-state index is 13.1. The first-order chi connectivity index (χ1) is 10.6. The summed E-state index contributed by atoms with van der Waals surface area (Å²) in [5.74, 6) is 0.774. The topological polar surface area (TPSA) is 42.0 Å². The first-order valence-electron chi connectivity index (χ1n) is 8.68. The number of hydrogen-bond donors (Lipinski definition) is 0. The monoisotopic (exact) mass is 366 g/mol. The standard InChI is InChI=1S/C16H35N2O3PS/c1-7-8-15(2)20-22(19,21-16(3,4)5)23-14-13-18-11-9-17(6)10-12-18/h15H,7-14H2,1-6H3. The maximum absolute atomic E-state index is 13.1. The van der Waals surface area contributed by atoms with Crippen LogP contribution in [0.15, 0.2) is 0 Å². The van der Waals surface area contributed by atoms with Crippen LogP contribution in [0.25, 0.3) is 0 Å². The summed E-state index contributed by atoms with van der Waals surface area (Å²) in [4.78, 5) is 4.76. The second kappa shape index (κ2) is 9.79. The van der Waals surface area contributed by atoms with E-state index in [0.29, 0.717) is 0 Å². The van der Waals surface area contributed by atoms with Gasteiger partial charge in [-0.1, -0.05) is 13.3 Å². The molecular formula is C16H35N2O3PS. The second-order valence-electron chi connectivity index (χ2n) is 7.33. The fraction of sp³-hybridized carbons (Fsp3) is 1.00. The third-order valence-corrected chi connectivity index (χ3v) is 7.69. The summed E-state index contributed by atoms with van der Waals surface area (Å²) >= 11 is 1.36. The Labute approximate surface area is 146 Å². The average molecular weight is 367 g/mol. The molecule has 1 fully saturated rings. The highest BCUT2D eigenvalue weighted by atomic mass is 32.7. The van der Waals surface area contributed by atoms with Crippen molar-refractivity contribution in [3.8, 4) is 0 Å². The summed E-state index contributed by atoms with van der Waals surface area (Å²) in [6.45, 7) is 12.0. The molecule has 0 N–H and O–H groups in total. The molecule has 2 unspecified atom stereocenters. The molecule has 0 amide bonds. The quantitative estimate of drug-likeness (QED) is 0.573. The van der Waals surface area contributed by atoms with Gasteiger partial charge in [-0.05, 0) is 52.5 Å². The van der Waals surface area contributed by atoms with Gasteiger partial charge >= 0.3 is 6.80 Å². The van der Waals surface area contributed by atoms with Gasteiger partial charge in [0.05, 0.1) is 11.7 Å². The van der Waals surface area contributed by atoms with Crippen molar-refractivity contribution in [3.63, 3.8) is 0 Å². The lowest BCUT2D eigenvalue weighted by Crippen LogP contribution is -2.45. The lowest BCUT2D eigenvalue weighted by Gasteiger charge is -2.33. The molecular weight excluding hydrogens is 331 g/mol. The Morgan fingerprint density at radius 3 is 2.35 bits per heavy atom. The van der Waals surface area contributed by atoms with Crippen molar-refractivity contribution in [1.82, 2.24) is 9.80 Å². The predicted octanol–water partition coefficient (Wildman–Crippen LogP) is 4.10. The first kappa shape index (κ1) is 21.5. The summed E-state index contributed by atoms with van der Waals surface area (Å²) < 4.78 is 24.7. The molecule has 1 aliphatic rings. The highest BCUT2D eigenvalue weighted by molar-refractivity contribution is 8.55.